The van der Waals surface area contributed by atoms with Crippen molar-refractivity contribution in [3.8, 4) is 5.75 Å². The van der Waals surface area contributed by atoms with Crippen molar-refractivity contribution < 1.29 is 37.0 Å². The van der Waals surface area contributed by atoms with Gasteiger partial charge in [-0.1, -0.05) is 54.1 Å². The molecule has 41 heavy (non-hydrogen) atoms. The van der Waals surface area contributed by atoms with Crippen LogP contribution in [0.15, 0.2) is 77.7 Å². The molecule has 0 saturated carbocycles. The largest absolute Gasteiger partial charge is 0.497 e. The second-order valence-corrected chi connectivity index (χ2v) is 11.8. The molecule has 1 spiro atoms. The molecular weight excluding hydrogens is 546 g/mol. The van der Waals surface area contributed by atoms with Gasteiger partial charge in [-0.25, -0.2) is 18.0 Å². The predicted molar refractivity (Wildman–Crippen MR) is 149 cm³/mol. The van der Waals surface area contributed by atoms with Crippen LogP contribution in [0.25, 0.3) is 0 Å². The number of fused-ring (bicyclic) bond motifs is 2. The predicted octanol–water partition coefficient (Wildman–Crippen LogP) is 4.43. The van der Waals surface area contributed by atoms with E-state index in [1.54, 1.807) is 62.4 Å². The summed E-state index contributed by atoms with van der Waals surface area (Å²) < 4.78 is 53.4. The highest BCUT2D eigenvalue weighted by Crippen LogP contribution is 2.62. The molecule has 1 saturated heterocycles. The Morgan fingerprint density at radius 3 is 2.12 bits per heavy atom. The van der Waals surface area contributed by atoms with Crippen molar-refractivity contribution in [1.82, 2.24) is 4.31 Å². The number of carbonyl (C=O) groups excluding carboxylic acids is 2. The molecule has 216 valence electrons. The van der Waals surface area contributed by atoms with E-state index in [1.807, 2.05) is 19.1 Å². The molecular formula is C31H33NO8S. The number of benzene rings is 3. The first-order chi connectivity index (χ1) is 19.7. The first-order valence-electron chi connectivity index (χ1n) is 13.5. The fraction of sp³-hybridized carbons (Fsp3) is 0.355. The summed E-state index contributed by atoms with van der Waals surface area (Å²) in [6, 6.07) is 19.3. The van der Waals surface area contributed by atoms with E-state index in [9.17, 15) is 18.0 Å². The van der Waals surface area contributed by atoms with Gasteiger partial charge in [-0.15, -0.1) is 0 Å². The van der Waals surface area contributed by atoms with E-state index in [1.165, 1.54) is 19.2 Å². The Balaban J connectivity index is 1.89. The highest BCUT2D eigenvalue weighted by Gasteiger charge is 2.79. The minimum atomic E-state index is -4.55. The van der Waals surface area contributed by atoms with Gasteiger partial charge in [-0.3, -0.25) is 0 Å². The lowest BCUT2D eigenvalue weighted by molar-refractivity contribution is -0.190. The lowest BCUT2D eigenvalue weighted by Gasteiger charge is -2.42. The molecule has 0 amide bonds. The van der Waals surface area contributed by atoms with E-state index >= 15 is 0 Å². The van der Waals surface area contributed by atoms with E-state index in [2.05, 4.69) is 0 Å². The maximum atomic E-state index is 14.8. The molecule has 0 aromatic heterocycles. The van der Waals surface area contributed by atoms with Crippen LogP contribution in [-0.2, 0) is 46.0 Å². The zero-order valence-corrected chi connectivity index (χ0v) is 24.3. The van der Waals surface area contributed by atoms with Crippen LogP contribution in [0.3, 0.4) is 0 Å². The molecule has 3 aromatic rings. The second kappa shape index (κ2) is 10.9. The highest BCUT2D eigenvalue weighted by molar-refractivity contribution is 7.89. The maximum absolute atomic E-state index is 14.8. The van der Waals surface area contributed by atoms with E-state index in [-0.39, 0.29) is 31.1 Å². The van der Waals surface area contributed by atoms with Gasteiger partial charge in [0.05, 0.1) is 37.9 Å². The van der Waals surface area contributed by atoms with Gasteiger partial charge in [0.1, 0.15) is 11.4 Å². The molecule has 9 nitrogen and oxygen atoms in total. The fourth-order valence-corrected chi connectivity index (χ4v) is 7.91. The standard InChI is InChI=1S/C31H33NO8S/c1-5-38-28(33)31(29(34)39-6-2)30(26-10-8-7-9-23(26)20-40-30)19-27(22-13-15-24(37-4)16-14-22)32(31)41(35,36)25-17-11-21(3)12-18-25/h7-18,27H,5-6,19-20H2,1-4H3/t27-,30+/m1/s1. The van der Waals surface area contributed by atoms with E-state index in [0.29, 0.717) is 16.9 Å². The zero-order valence-electron chi connectivity index (χ0n) is 23.5. The first-order valence-corrected chi connectivity index (χ1v) is 14.9. The Labute approximate surface area is 240 Å². The highest BCUT2D eigenvalue weighted by atomic mass is 32.2. The number of ether oxygens (including phenoxy) is 4. The molecule has 2 atom stereocenters. The molecule has 2 aliphatic heterocycles. The van der Waals surface area contributed by atoms with Crippen LogP contribution in [-0.4, -0.2) is 50.5 Å². The van der Waals surface area contributed by atoms with Crippen LogP contribution in [0.4, 0.5) is 0 Å². The maximum Gasteiger partial charge on any atom is 0.342 e. The molecule has 2 aliphatic rings. The first kappa shape index (κ1) is 28.8. The Morgan fingerprint density at radius 1 is 0.927 bits per heavy atom. The van der Waals surface area contributed by atoms with Gasteiger partial charge in [-0.05, 0) is 61.7 Å². The van der Waals surface area contributed by atoms with Crippen LogP contribution >= 0.6 is 0 Å². The molecule has 0 unspecified atom stereocenters. The smallest absolute Gasteiger partial charge is 0.342 e. The number of rotatable bonds is 8. The number of hydrogen-bond donors (Lipinski definition) is 0. The molecule has 2 heterocycles. The molecule has 0 bridgehead atoms. The SMILES string of the molecule is CCOC(=O)C1(C(=O)OCC)N(S(=O)(=O)c2ccc(C)cc2)[C@@H](c2ccc(OC)cc2)C[C@@]12OCc1ccccc12. The molecule has 0 N–H and O–H groups in total. The monoisotopic (exact) mass is 579 g/mol. The molecule has 1 fully saturated rings. The lowest BCUT2D eigenvalue weighted by atomic mass is 9.74. The lowest BCUT2D eigenvalue weighted by Crippen LogP contribution is -2.68. The molecule has 10 heteroatoms. The Morgan fingerprint density at radius 2 is 1.54 bits per heavy atom. The zero-order chi connectivity index (χ0) is 29.4. The second-order valence-electron chi connectivity index (χ2n) is 10.0. The van der Waals surface area contributed by atoms with Crippen molar-refractivity contribution in [3.63, 3.8) is 0 Å². The van der Waals surface area contributed by atoms with Gasteiger partial charge >= 0.3 is 11.9 Å². The summed E-state index contributed by atoms with van der Waals surface area (Å²) in [5.41, 5.74) is -1.58. The summed E-state index contributed by atoms with van der Waals surface area (Å²) in [6.07, 6.45) is -0.0426. The van der Waals surface area contributed by atoms with Crippen LogP contribution in [0, 0.1) is 6.92 Å². The van der Waals surface area contributed by atoms with E-state index in [4.69, 9.17) is 18.9 Å². The van der Waals surface area contributed by atoms with Crippen molar-refractivity contribution in [2.45, 2.75) is 55.9 Å². The normalized spacial score (nSPS) is 21.4. The number of hydrogen-bond acceptors (Lipinski definition) is 8. The summed E-state index contributed by atoms with van der Waals surface area (Å²) >= 11 is 0. The summed E-state index contributed by atoms with van der Waals surface area (Å²) in [6.45, 7) is 4.92. The third-order valence-corrected chi connectivity index (χ3v) is 9.74. The van der Waals surface area contributed by atoms with Gasteiger partial charge in [0.25, 0.3) is 5.54 Å². The van der Waals surface area contributed by atoms with Crippen LogP contribution in [0.5, 0.6) is 5.75 Å². The average Bonchev–Trinajstić information content (AvgIpc) is 3.51. The molecule has 0 aliphatic carbocycles. The number of carbonyl (C=O) groups is 2. The van der Waals surface area contributed by atoms with Crippen molar-refractivity contribution in [1.29, 1.82) is 0 Å². The number of methoxy groups -OCH3 is 1. The number of esters is 2. The minimum absolute atomic E-state index is 0.0426. The average molecular weight is 580 g/mol. The summed E-state index contributed by atoms with van der Waals surface area (Å²) in [7, 11) is -3.02. The number of sulfonamides is 1. The fourth-order valence-electron chi connectivity index (χ4n) is 6.02. The number of aryl methyl sites for hydroxylation is 1. The molecule has 3 aromatic carbocycles. The van der Waals surface area contributed by atoms with Gasteiger partial charge in [-0.2, -0.15) is 4.31 Å². The Kier molecular flexibility index (Phi) is 7.67. The van der Waals surface area contributed by atoms with Crippen LogP contribution in [0.1, 0.15) is 48.6 Å². The molecule has 0 radical (unpaired) electrons. The van der Waals surface area contributed by atoms with Gasteiger partial charge in [0.15, 0.2) is 0 Å². The van der Waals surface area contributed by atoms with Crippen LogP contribution < -0.4 is 4.74 Å². The van der Waals surface area contributed by atoms with Crippen molar-refractivity contribution in [2.24, 2.45) is 0 Å². The van der Waals surface area contributed by atoms with Crippen molar-refractivity contribution in [2.75, 3.05) is 20.3 Å². The van der Waals surface area contributed by atoms with Gasteiger partial charge < -0.3 is 18.9 Å². The topological polar surface area (TPSA) is 108 Å². The van der Waals surface area contributed by atoms with E-state index < -0.39 is 39.1 Å². The summed E-state index contributed by atoms with van der Waals surface area (Å²) in [4.78, 5) is 28.6. The Bertz CT molecular complexity index is 1530. The quantitative estimate of drug-likeness (QED) is 0.285. The van der Waals surface area contributed by atoms with Gasteiger partial charge in [0.2, 0.25) is 10.0 Å². The number of nitrogens with zero attached hydrogens (tertiary/aromatic N) is 1. The summed E-state index contributed by atoms with van der Waals surface area (Å²) in [5, 5.41) is 0. The summed E-state index contributed by atoms with van der Waals surface area (Å²) in [5.74, 6) is -1.54. The third kappa shape index (κ3) is 4.32. The molecule has 5 rings (SSSR count). The van der Waals surface area contributed by atoms with Crippen molar-refractivity contribution in [3.05, 3.63) is 95.1 Å². The third-order valence-electron chi connectivity index (χ3n) is 7.83. The Hall–Kier alpha value is -3.73. The van der Waals surface area contributed by atoms with E-state index in [0.717, 1.165) is 15.4 Å². The minimum Gasteiger partial charge on any atom is -0.497 e. The van der Waals surface area contributed by atoms with Crippen molar-refractivity contribution >= 4 is 22.0 Å². The van der Waals surface area contributed by atoms with Crippen LogP contribution in [0.2, 0.25) is 0 Å². The van der Waals surface area contributed by atoms with Gasteiger partial charge in [0, 0.05) is 6.42 Å².